The predicted molar refractivity (Wildman–Crippen MR) is 113 cm³/mol. The Morgan fingerprint density at radius 2 is 1.71 bits per heavy atom. The van der Waals surface area contributed by atoms with Crippen LogP contribution in [0.1, 0.15) is 55.9 Å². The van der Waals surface area contributed by atoms with Gasteiger partial charge in [-0.2, -0.15) is 0 Å². The molecule has 1 aliphatic rings. The van der Waals surface area contributed by atoms with Gasteiger partial charge in [-0.05, 0) is 55.4 Å². The predicted octanol–water partition coefficient (Wildman–Crippen LogP) is 4.67. The van der Waals surface area contributed by atoms with Crippen LogP contribution < -0.4 is 5.32 Å². The summed E-state index contributed by atoms with van der Waals surface area (Å²) in [7, 11) is 0. The molecule has 1 N–H and O–H groups in total. The van der Waals surface area contributed by atoms with Gasteiger partial charge >= 0.3 is 0 Å². The molecular formula is C24H30N2O2. The Hall–Kier alpha value is -2.62. The molecule has 1 heterocycles. The molecule has 0 fully saturated rings. The first-order valence-electron chi connectivity index (χ1n) is 9.99. The van der Waals surface area contributed by atoms with Gasteiger partial charge in [0.05, 0.1) is 0 Å². The van der Waals surface area contributed by atoms with Gasteiger partial charge < -0.3 is 10.2 Å². The molecule has 0 saturated heterocycles. The summed E-state index contributed by atoms with van der Waals surface area (Å²) < 4.78 is 0. The van der Waals surface area contributed by atoms with E-state index in [1.165, 1.54) is 11.1 Å². The van der Waals surface area contributed by atoms with Crippen molar-refractivity contribution < 1.29 is 9.59 Å². The van der Waals surface area contributed by atoms with Crippen molar-refractivity contribution in [1.82, 2.24) is 4.90 Å². The number of anilines is 1. The lowest BCUT2D eigenvalue weighted by atomic mass is 9.88. The van der Waals surface area contributed by atoms with Crippen LogP contribution in [-0.4, -0.2) is 23.3 Å². The molecule has 2 amide bonds. The summed E-state index contributed by atoms with van der Waals surface area (Å²) in [6.45, 7) is 10.8. The van der Waals surface area contributed by atoms with Crippen molar-refractivity contribution in [1.29, 1.82) is 0 Å². The van der Waals surface area contributed by atoms with Crippen molar-refractivity contribution in [3.63, 3.8) is 0 Å². The van der Waals surface area contributed by atoms with Gasteiger partial charge in [0.15, 0.2) is 0 Å². The highest BCUT2D eigenvalue weighted by Crippen LogP contribution is 2.31. The van der Waals surface area contributed by atoms with E-state index in [0.717, 1.165) is 23.2 Å². The first-order chi connectivity index (χ1) is 13.2. The third kappa shape index (κ3) is 3.82. The van der Waals surface area contributed by atoms with E-state index in [0.29, 0.717) is 13.1 Å². The standard InChI is InChI=1S/C24H30N2O2/c1-16(2)20-12-8-9-17(3)21(20)25-22(27)24(4,5)23(28)26-14-13-18-10-6-7-11-19(18)15-26/h6-12,16H,13-15H2,1-5H3,(H,25,27). The second-order valence-electron chi connectivity index (χ2n) is 8.52. The van der Waals surface area contributed by atoms with E-state index in [-0.39, 0.29) is 17.7 Å². The first kappa shape index (κ1) is 20.1. The Labute approximate surface area is 167 Å². The van der Waals surface area contributed by atoms with Gasteiger partial charge in [-0.3, -0.25) is 9.59 Å². The molecule has 4 heteroatoms. The number of fused-ring (bicyclic) bond motifs is 1. The molecule has 28 heavy (non-hydrogen) atoms. The van der Waals surface area contributed by atoms with Gasteiger partial charge in [0.1, 0.15) is 5.41 Å². The number of amides is 2. The maximum Gasteiger partial charge on any atom is 0.239 e. The molecule has 0 aromatic heterocycles. The topological polar surface area (TPSA) is 49.4 Å². The van der Waals surface area contributed by atoms with Crippen LogP contribution in [0.5, 0.6) is 0 Å². The normalized spacial score (nSPS) is 14.0. The zero-order valence-corrected chi connectivity index (χ0v) is 17.5. The highest BCUT2D eigenvalue weighted by Gasteiger charge is 2.40. The van der Waals surface area contributed by atoms with Crippen LogP contribution in [0, 0.1) is 12.3 Å². The molecule has 2 aromatic carbocycles. The number of rotatable bonds is 4. The fourth-order valence-corrected chi connectivity index (χ4v) is 3.77. The van der Waals surface area contributed by atoms with Crippen molar-refractivity contribution in [2.45, 2.75) is 53.5 Å². The van der Waals surface area contributed by atoms with Gasteiger partial charge in [-0.25, -0.2) is 0 Å². The van der Waals surface area contributed by atoms with E-state index in [9.17, 15) is 9.59 Å². The largest absolute Gasteiger partial charge is 0.337 e. The second kappa shape index (κ2) is 7.78. The average Bonchev–Trinajstić information content (AvgIpc) is 2.68. The van der Waals surface area contributed by atoms with E-state index in [2.05, 4.69) is 31.3 Å². The summed E-state index contributed by atoms with van der Waals surface area (Å²) >= 11 is 0. The van der Waals surface area contributed by atoms with Crippen molar-refractivity contribution in [3.05, 3.63) is 64.7 Å². The van der Waals surface area contributed by atoms with Crippen molar-refractivity contribution in [3.8, 4) is 0 Å². The third-order valence-corrected chi connectivity index (χ3v) is 5.69. The van der Waals surface area contributed by atoms with Gasteiger partial charge in [-0.15, -0.1) is 0 Å². The maximum atomic E-state index is 13.2. The quantitative estimate of drug-likeness (QED) is 0.786. The Balaban J connectivity index is 1.79. The van der Waals surface area contributed by atoms with Crippen molar-refractivity contribution in [2.75, 3.05) is 11.9 Å². The minimum absolute atomic E-state index is 0.126. The molecule has 3 rings (SSSR count). The van der Waals surface area contributed by atoms with Crippen LogP contribution in [0.15, 0.2) is 42.5 Å². The van der Waals surface area contributed by atoms with Gasteiger partial charge in [0.2, 0.25) is 11.8 Å². The van der Waals surface area contributed by atoms with Gasteiger partial charge in [-0.1, -0.05) is 56.3 Å². The minimum atomic E-state index is -1.14. The van der Waals surface area contributed by atoms with Crippen LogP contribution in [0.3, 0.4) is 0 Å². The SMILES string of the molecule is Cc1cccc(C(C)C)c1NC(=O)C(C)(C)C(=O)N1CCc2ccccc2C1. The summed E-state index contributed by atoms with van der Waals surface area (Å²) in [5.41, 5.74) is 4.24. The summed E-state index contributed by atoms with van der Waals surface area (Å²) in [6.07, 6.45) is 0.828. The molecule has 0 bridgehead atoms. The van der Waals surface area contributed by atoms with Gasteiger partial charge in [0, 0.05) is 18.8 Å². The summed E-state index contributed by atoms with van der Waals surface area (Å²) in [5.74, 6) is -0.0978. The monoisotopic (exact) mass is 378 g/mol. The van der Waals surface area contributed by atoms with E-state index in [4.69, 9.17) is 0 Å². The molecule has 0 spiro atoms. The number of carbonyl (C=O) groups is 2. The highest BCUT2D eigenvalue weighted by molar-refractivity contribution is 6.10. The third-order valence-electron chi connectivity index (χ3n) is 5.69. The molecular weight excluding hydrogens is 348 g/mol. The molecule has 0 aliphatic carbocycles. The number of para-hydroxylation sites is 1. The molecule has 0 unspecified atom stereocenters. The van der Waals surface area contributed by atoms with Gasteiger partial charge in [0.25, 0.3) is 0 Å². The van der Waals surface area contributed by atoms with E-state index < -0.39 is 5.41 Å². The zero-order valence-electron chi connectivity index (χ0n) is 17.5. The lowest BCUT2D eigenvalue weighted by Gasteiger charge is -2.34. The number of benzene rings is 2. The Bertz CT molecular complexity index is 899. The van der Waals surface area contributed by atoms with Crippen molar-refractivity contribution >= 4 is 17.5 Å². The van der Waals surface area contributed by atoms with Crippen LogP contribution >= 0.6 is 0 Å². The number of aryl methyl sites for hydroxylation is 1. The fourth-order valence-electron chi connectivity index (χ4n) is 3.77. The average molecular weight is 379 g/mol. The number of hydrogen-bond acceptors (Lipinski definition) is 2. The van der Waals surface area contributed by atoms with E-state index in [1.54, 1.807) is 13.8 Å². The molecule has 0 saturated carbocycles. The smallest absolute Gasteiger partial charge is 0.239 e. The Morgan fingerprint density at radius 3 is 2.39 bits per heavy atom. The van der Waals surface area contributed by atoms with Crippen LogP contribution in [-0.2, 0) is 22.6 Å². The molecule has 4 nitrogen and oxygen atoms in total. The molecule has 148 valence electrons. The summed E-state index contributed by atoms with van der Waals surface area (Å²) in [6, 6.07) is 14.2. The first-order valence-corrected chi connectivity index (χ1v) is 9.99. The van der Waals surface area contributed by atoms with Crippen LogP contribution in [0.2, 0.25) is 0 Å². The molecule has 0 atom stereocenters. The zero-order chi connectivity index (χ0) is 20.5. The van der Waals surface area contributed by atoms with Crippen LogP contribution in [0.25, 0.3) is 0 Å². The number of nitrogens with one attached hydrogen (secondary N) is 1. The van der Waals surface area contributed by atoms with E-state index >= 15 is 0 Å². The lowest BCUT2D eigenvalue weighted by molar-refractivity contribution is -0.147. The molecule has 2 aromatic rings. The highest BCUT2D eigenvalue weighted by atomic mass is 16.2. The second-order valence-corrected chi connectivity index (χ2v) is 8.52. The molecule has 0 radical (unpaired) electrons. The minimum Gasteiger partial charge on any atom is -0.337 e. The maximum absolute atomic E-state index is 13.2. The van der Waals surface area contributed by atoms with E-state index in [1.807, 2.05) is 42.2 Å². The number of nitrogens with zero attached hydrogens (tertiary/aromatic N) is 1. The number of carbonyl (C=O) groups excluding carboxylic acids is 2. The Morgan fingerprint density at radius 1 is 1.04 bits per heavy atom. The number of hydrogen-bond donors (Lipinski definition) is 1. The van der Waals surface area contributed by atoms with Crippen LogP contribution in [0.4, 0.5) is 5.69 Å². The molecule has 1 aliphatic heterocycles. The summed E-state index contributed by atoms with van der Waals surface area (Å²) in [4.78, 5) is 28.2. The fraction of sp³-hybridized carbons (Fsp3) is 0.417. The van der Waals surface area contributed by atoms with Crippen molar-refractivity contribution in [2.24, 2.45) is 5.41 Å². The summed E-state index contributed by atoms with van der Waals surface area (Å²) in [5, 5.41) is 3.05. The lowest BCUT2D eigenvalue weighted by Crippen LogP contribution is -2.49. The Kier molecular flexibility index (Phi) is 5.59.